The molecule has 1 heterocycles. The molecule has 0 aromatic heterocycles. The monoisotopic (exact) mass is 394 g/mol. The number of ether oxygens (including phenoxy) is 1. The molecule has 0 spiro atoms. The molecular weight excluding hydrogens is 364 g/mol. The largest absolute Gasteiger partial charge is 0.507 e. The fraction of sp³-hybridized carbons (Fsp3) is 0.500. The summed E-state index contributed by atoms with van der Waals surface area (Å²) in [5.74, 6) is 0.332. The summed E-state index contributed by atoms with van der Waals surface area (Å²) >= 11 is 0. The number of phenolic OH excluding ortho intramolecular Hbond substituents is 1. The first-order valence-corrected chi connectivity index (χ1v) is 10.1. The van der Waals surface area contributed by atoms with Crippen LogP contribution in [-0.4, -0.2) is 10.9 Å². The van der Waals surface area contributed by atoms with Crippen LogP contribution in [0.4, 0.5) is 0 Å². The maximum atomic E-state index is 12.9. The maximum absolute atomic E-state index is 12.9. The van der Waals surface area contributed by atoms with Gasteiger partial charge in [-0.05, 0) is 33.9 Å². The minimum absolute atomic E-state index is 0.000748. The van der Waals surface area contributed by atoms with Crippen molar-refractivity contribution in [1.82, 2.24) is 0 Å². The number of benzene rings is 1. The second-order valence-electron chi connectivity index (χ2n) is 10.0. The van der Waals surface area contributed by atoms with E-state index in [1.807, 2.05) is 53.7 Å². The van der Waals surface area contributed by atoms with Crippen LogP contribution in [0, 0.1) is 11.3 Å². The zero-order valence-electron chi connectivity index (χ0n) is 18.1. The molecule has 154 valence electrons. The van der Waals surface area contributed by atoms with Crippen LogP contribution in [-0.2, 0) is 20.4 Å². The number of carbonyl (C=O) groups excluding carboxylic acids is 1. The Morgan fingerprint density at radius 2 is 1.66 bits per heavy atom. The molecule has 0 unspecified atom stereocenters. The molecule has 0 radical (unpaired) electrons. The highest BCUT2D eigenvalue weighted by Crippen LogP contribution is 2.47. The van der Waals surface area contributed by atoms with Crippen molar-refractivity contribution in [2.75, 3.05) is 0 Å². The molecule has 5 heteroatoms. The minimum atomic E-state index is -0.570. The standard InChI is InChI=1S/C24H30N2O3/c1-23(2,3)15-10-13(11-16(21(15)28)24(4,5)6)19-14(12-25)22(26)29-18-9-7-8-17(27)20(18)19/h10-11,19,28H,7-9,26H2,1-6H3/t19-/m1/s1. The second-order valence-corrected chi connectivity index (χ2v) is 10.0. The molecule has 2 aliphatic rings. The van der Waals surface area contributed by atoms with Gasteiger partial charge in [0.15, 0.2) is 5.78 Å². The lowest BCUT2D eigenvalue weighted by Gasteiger charge is -2.33. The molecule has 0 saturated carbocycles. The molecule has 3 rings (SSSR count). The van der Waals surface area contributed by atoms with E-state index in [1.54, 1.807) is 0 Å². The molecule has 1 aliphatic heterocycles. The molecular formula is C24H30N2O3. The fourth-order valence-electron chi connectivity index (χ4n) is 4.16. The maximum Gasteiger partial charge on any atom is 0.205 e. The molecule has 0 bridgehead atoms. The number of Topliss-reactive ketones (excluding diaryl/α,β-unsaturated/α-hetero) is 1. The van der Waals surface area contributed by atoms with Crippen LogP contribution >= 0.6 is 0 Å². The van der Waals surface area contributed by atoms with Crippen LogP contribution in [0.25, 0.3) is 0 Å². The lowest BCUT2D eigenvalue weighted by Crippen LogP contribution is -2.28. The van der Waals surface area contributed by atoms with Crippen LogP contribution in [0.1, 0.15) is 83.4 Å². The number of hydrogen-bond donors (Lipinski definition) is 2. The van der Waals surface area contributed by atoms with E-state index in [0.29, 0.717) is 24.2 Å². The zero-order chi connectivity index (χ0) is 21.7. The molecule has 0 saturated heterocycles. The Morgan fingerprint density at radius 3 is 2.14 bits per heavy atom. The molecule has 1 aromatic rings. The van der Waals surface area contributed by atoms with E-state index < -0.39 is 5.92 Å². The van der Waals surface area contributed by atoms with Crippen molar-refractivity contribution in [2.24, 2.45) is 5.73 Å². The zero-order valence-corrected chi connectivity index (χ0v) is 18.1. The normalized spacial score (nSPS) is 20.3. The van der Waals surface area contributed by atoms with Gasteiger partial charge in [-0.1, -0.05) is 53.7 Å². The number of allylic oxidation sites excluding steroid dienone is 3. The van der Waals surface area contributed by atoms with Crippen molar-refractivity contribution in [3.8, 4) is 11.8 Å². The number of nitriles is 1. The van der Waals surface area contributed by atoms with Crippen molar-refractivity contribution in [3.05, 3.63) is 51.6 Å². The predicted octanol–water partition coefficient (Wildman–Crippen LogP) is 4.80. The highest BCUT2D eigenvalue weighted by molar-refractivity contribution is 5.99. The first kappa shape index (κ1) is 21.0. The van der Waals surface area contributed by atoms with Gasteiger partial charge < -0.3 is 15.6 Å². The van der Waals surface area contributed by atoms with Crippen LogP contribution in [0.15, 0.2) is 34.9 Å². The average Bonchev–Trinajstić information content (AvgIpc) is 2.59. The minimum Gasteiger partial charge on any atom is -0.507 e. The molecule has 29 heavy (non-hydrogen) atoms. The van der Waals surface area contributed by atoms with Gasteiger partial charge in [0.2, 0.25) is 5.88 Å². The first-order chi connectivity index (χ1) is 13.4. The molecule has 1 aromatic carbocycles. The van der Waals surface area contributed by atoms with Crippen LogP contribution in [0.5, 0.6) is 5.75 Å². The predicted molar refractivity (Wildman–Crippen MR) is 112 cm³/mol. The highest BCUT2D eigenvalue weighted by Gasteiger charge is 2.39. The summed E-state index contributed by atoms with van der Waals surface area (Å²) in [6.45, 7) is 12.2. The van der Waals surface area contributed by atoms with Crippen LogP contribution in [0.3, 0.4) is 0 Å². The lowest BCUT2D eigenvalue weighted by molar-refractivity contribution is -0.116. The Labute approximate surface area is 172 Å². The van der Waals surface area contributed by atoms with E-state index in [9.17, 15) is 15.2 Å². The summed E-state index contributed by atoms with van der Waals surface area (Å²) in [6.07, 6.45) is 1.79. The van der Waals surface area contributed by atoms with Crippen molar-refractivity contribution >= 4 is 5.78 Å². The summed E-state index contributed by atoms with van der Waals surface area (Å²) in [7, 11) is 0. The van der Waals surface area contributed by atoms with Crippen molar-refractivity contribution in [2.45, 2.75) is 77.6 Å². The third kappa shape index (κ3) is 3.64. The van der Waals surface area contributed by atoms with Gasteiger partial charge in [-0.3, -0.25) is 4.79 Å². The quantitative estimate of drug-likeness (QED) is 0.713. The summed E-state index contributed by atoms with van der Waals surface area (Å²) < 4.78 is 5.68. The van der Waals surface area contributed by atoms with Gasteiger partial charge in [0, 0.05) is 18.4 Å². The number of phenols is 1. The summed E-state index contributed by atoms with van der Waals surface area (Å²) in [5.41, 5.74) is 8.60. The SMILES string of the molecule is CC(C)(C)c1cc([C@@H]2C(C#N)=C(N)OC3=C2C(=O)CCC3)cc(C(C)(C)C)c1O. The third-order valence-corrected chi connectivity index (χ3v) is 5.69. The number of carbonyl (C=O) groups is 1. The van der Waals surface area contributed by atoms with E-state index in [1.165, 1.54) is 0 Å². The molecule has 1 aliphatic carbocycles. The fourth-order valence-corrected chi connectivity index (χ4v) is 4.16. The van der Waals surface area contributed by atoms with E-state index >= 15 is 0 Å². The molecule has 0 fully saturated rings. The van der Waals surface area contributed by atoms with Gasteiger partial charge in [0.05, 0.1) is 5.92 Å². The van der Waals surface area contributed by atoms with E-state index in [0.717, 1.165) is 23.1 Å². The molecule has 3 N–H and O–H groups in total. The van der Waals surface area contributed by atoms with E-state index in [4.69, 9.17) is 10.5 Å². The van der Waals surface area contributed by atoms with Gasteiger partial charge in [-0.2, -0.15) is 5.26 Å². The van der Waals surface area contributed by atoms with Crippen molar-refractivity contribution < 1.29 is 14.6 Å². The lowest BCUT2D eigenvalue weighted by atomic mass is 9.73. The smallest absolute Gasteiger partial charge is 0.205 e. The van der Waals surface area contributed by atoms with Gasteiger partial charge in [-0.15, -0.1) is 0 Å². The van der Waals surface area contributed by atoms with Gasteiger partial charge >= 0.3 is 0 Å². The molecule has 1 atom stereocenters. The number of hydrogen-bond acceptors (Lipinski definition) is 5. The molecule has 5 nitrogen and oxygen atoms in total. The van der Waals surface area contributed by atoms with Crippen molar-refractivity contribution in [1.29, 1.82) is 5.26 Å². The number of aromatic hydroxyl groups is 1. The average molecular weight is 395 g/mol. The Hall–Kier alpha value is -2.74. The van der Waals surface area contributed by atoms with E-state index in [-0.39, 0.29) is 33.8 Å². The Bertz CT molecular complexity index is 944. The number of ketones is 1. The topological polar surface area (TPSA) is 96.3 Å². The van der Waals surface area contributed by atoms with Crippen LogP contribution in [0.2, 0.25) is 0 Å². The first-order valence-electron chi connectivity index (χ1n) is 10.1. The highest BCUT2D eigenvalue weighted by atomic mass is 16.5. The van der Waals surface area contributed by atoms with Crippen molar-refractivity contribution in [3.63, 3.8) is 0 Å². The summed E-state index contributed by atoms with van der Waals surface area (Å²) in [6, 6.07) is 6.00. The number of nitrogens with zero attached hydrogens (tertiary/aromatic N) is 1. The second kappa shape index (κ2) is 6.95. The third-order valence-electron chi connectivity index (χ3n) is 5.69. The Kier molecular flexibility index (Phi) is 5.03. The van der Waals surface area contributed by atoms with E-state index in [2.05, 4.69) is 6.07 Å². The Morgan fingerprint density at radius 1 is 1.10 bits per heavy atom. The summed E-state index contributed by atoms with van der Waals surface area (Å²) in [4.78, 5) is 12.9. The molecule has 0 amide bonds. The summed E-state index contributed by atoms with van der Waals surface area (Å²) in [5, 5.41) is 20.9. The number of rotatable bonds is 1. The number of nitrogens with two attached hydrogens (primary N) is 1. The van der Waals surface area contributed by atoms with Crippen LogP contribution < -0.4 is 5.73 Å². The van der Waals surface area contributed by atoms with Gasteiger partial charge in [0.1, 0.15) is 23.2 Å². The Balaban J connectivity index is 2.35. The van der Waals surface area contributed by atoms with Gasteiger partial charge in [0.25, 0.3) is 0 Å². The van der Waals surface area contributed by atoms with Gasteiger partial charge in [-0.25, -0.2) is 0 Å².